The molecule has 1 heteroatoms. The molecule has 122 valence electrons. The van der Waals surface area contributed by atoms with Crippen LogP contribution in [-0.4, -0.2) is 0 Å². The van der Waals surface area contributed by atoms with Crippen LogP contribution in [0.25, 0.3) is 6.08 Å². The summed E-state index contributed by atoms with van der Waals surface area (Å²) < 4.78 is 0. The zero-order valence-electron chi connectivity index (χ0n) is 16.0. The Morgan fingerprint density at radius 1 is 0.913 bits per heavy atom. The van der Waals surface area contributed by atoms with Crippen LogP contribution in [0, 0.1) is 55.5 Å². The molecule has 1 aliphatic rings. The molecule has 0 radical (unpaired) electrons. The largest absolute Gasteiger partial charge is 4.00 e. The third kappa shape index (κ3) is 5.08. The van der Waals surface area contributed by atoms with Gasteiger partial charge in [-0.25, -0.2) is 6.08 Å². The first-order valence-corrected chi connectivity index (χ1v) is 7.31. The van der Waals surface area contributed by atoms with Gasteiger partial charge in [0.05, 0.1) is 0 Å². The van der Waals surface area contributed by atoms with Crippen molar-refractivity contribution < 1.29 is 25.8 Å². The van der Waals surface area contributed by atoms with Crippen LogP contribution in [0.5, 0.6) is 0 Å². The fourth-order valence-electron chi connectivity index (χ4n) is 2.75. The molecule has 0 aromatic heterocycles. The van der Waals surface area contributed by atoms with Crippen LogP contribution < -0.4 is 0 Å². The monoisotopic (exact) mass is 474 g/mol. The Balaban J connectivity index is 0. The Kier molecular flexibility index (Phi) is 10.8. The standard InChI is InChI=1S/C10H9.C10H15.2CH3.Hf/c1-8-6-7-9-4-2-3-5-10(8)9;1-6-7(2)9(4)10(5)8(6)3;;;/h2-5,7-8H,1H3;1-5H3;2*1H3;/q4*-1;+4. The fraction of sp³-hybridized carbons (Fsp3) is 0.318. The van der Waals surface area contributed by atoms with Gasteiger partial charge in [0.2, 0.25) is 0 Å². The Morgan fingerprint density at radius 2 is 1.39 bits per heavy atom. The fourth-order valence-corrected chi connectivity index (χ4v) is 2.75. The second-order valence-corrected chi connectivity index (χ2v) is 5.79. The Labute approximate surface area is 163 Å². The summed E-state index contributed by atoms with van der Waals surface area (Å²) in [5, 5.41) is 0. The molecule has 0 nitrogen and oxygen atoms in total. The predicted octanol–water partition coefficient (Wildman–Crippen LogP) is 6.47. The van der Waals surface area contributed by atoms with E-state index in [2.05, 4.69) is 78.0 Å². The van der Waals surface area contributed by atoms with Crippen molar-refractivity contribution in [3.63, 3.8) is 0 Å². The molecule has 1 unspecified atom stereocenters. The smallest absolute Gasteiger partial charge is 0.358 e. The van der Waals surface area contributed by atoms with E-state index in [-0.39, 0.29) is 40.7 Å². The van der Waals surface area contributed by atoms with Gasteiger partial charge in [0.15, 0.2) is 0 Å². The molecule has 0 bridgehead atoms. The summed E-state index contributed by atoms with van der Waals surface area (Å²) in [7, 11) is 0. The molecular weight excluding hydrogens is 443 g/mol. The number of benzene rings is 1. The minimum absolute atomic E-state index is 0. The normalized spacial score (nSPS) is 13.7. The maximum atomic E-state index is 3.26. The molecule has 3 rings (SSSR count). The van der Waals surface area contributed by atoms with Crippen molar-refractivity contribution in [3.8, 4) is 0 Å². The topological polar surface area (TPSA) is 0 Å². The van der Waals surface area contributed by atoms with Gasteiger partial charge in [-0.15, -0.1) is 11.6 Å². The minimum atomic E-state index is 0. The maximum absolute atomic E-state index is 3.26. The first kappa shape index (κ1) is 24.4. The van der Waals surface area contributed by atoms with Crippen molar-refractivity contribution in [1.82, 2.24) is 0 Å². The third-order valence-corrected chi connectivity index (χ3v) is 4.76. The van der Waals surface area contributed by atoms with E-state index in [4.69, 9.17) is 0 Å². The van der Waals surface area contributed by atoms with Crippen LogP contribution in [-0.2, 0) is 25.8 Å². The summed E-state index contributed by atoms with van der Waals surface area (Å²) in [6.07, 6.45) is 5.33. The molecule has 0 saturated carbocycles. The van der Waals surface area contributed by atoms with Gasteiger partial charge < -0.3 is 14.9 Å². The van der Waals surface area contributed by atoms with E-state index in [0.29, 0.717) is 5.92 Å². The van der Waals surface area contributed by atoms with Gasteiger partial charge in [-0.1, -0.05) is 65.7 Å². The average Bonchev–Trinajstić information content (AvgIpc) is 2.92. The summed E-state index contributed by atoms with van der Waals surface area (Å²) in [6, 6.07) is 8.44. The molecule has 0 spiro atoms. The van der Waals surface area contributed by atoms with Gasteiger partial charge in [-0.2, -0.15) is 33.4 Å². The molecule has 23 heavy (non-hydrogen) atoms. The number of hydrogen-bond donors (Lipinski definition) is 0. The molecule has 2 aromatic rings. The number of fused-ring (bicyclic) bond motifs is 1. The molecule has 0 aliphatic heterocycles. The van der Waals surface area contributed by atoms with E-state index in [0.717, 1.165) is 0 Å². The quantitative estimate of drug-likeness (QED) is 0.304. The van der Waals surface area contributed by atoms with Crippen molar-refractivity contribution in [3.05, 3.63) is 84.1 Å². The summed E-state index contributed by atoms with van der Waals surface area (Å²) >= 11 is 0. The second kappa shape index (κ2) is 10.1. The molecule has 1 aliphatic carbocycles. The first-order chi connectivity index (χ1) is 9.43. The van der Waals surface area contributed by atoms with Gasteiger partial charge in [0.1, 0.15) is 0 Å². The summed E-state index contributed by atoms with van der Waals surface area (Å²) in [4.78, 5) is 0. The predicted molar refractivity (Wildman–Crippen MR) is 101 cm³/mol. The number of allylic oxidation sites excluding steroid dienone is 1. The molecule has 0 saturated heterocycles. The Bertz CT molecular complexity index is 564. The average molecular weight is 473 g/mol. The van der Waals surface area contributed by atoms with Crippen LogP contribution in [0.15, 0.2) is 24.3 Å². The van der Waals surface area contributed by atoms with Crippen LogP contribution in [0.2, 0.25) is 0 Å². The van der Waals surface area contributed by atoms with Crippen LogP contribution in [0.4, 0.5) is 0 Å². The van der Waals surface area contributed by atoms with Crippen molar-refractivity contribution in [2.24, 2.45) is 0 Å². The number of rotatable bonds is 0. The van der Waals surface area contributed by atoms with Crippen LogP contribution >= 0.6 is 0 Å². The SMILES string of the molecule is CC1[C-]=Cc2ccccc21.Cc1c(C)c(C)[c-](C)c1C.[CH3-].[CH3-].[Hf+4]. The van der Waals surface area contributed by atoms with Gasteiger partial charge in [-0.3, -0.25) is 6.08 Å². The van der Waals surface area contributed by atoms with Crippen LogP contribution in [0.3, 0.4) is 0 Å². The van der Waals surface area contributed by atoms with Crippen molar-refractivity contribution in [2.75, 3.05) is 0 Å². The van der Waals surface area contributed by atoms with E-state index in [1.165, 1.54) is 38.9 Å². The molecule has 2 aromatic carbocycles. The first-order valence-electron chi connectivity index (χ1n) is 7.31. The summed E-state index contributed by atoms with van der Waals surface area (Å²) in [5.41, 5.74) is 10.1. The van der Waals surface area contributed by atoms with E-state index in [9.17, 15) is 0 Å². The minimum Gasteiger partial charge on any atom is -0.358 e. The van der Waals surface area contributed by atoms with Crippen molar-refractivity contribution in [2.45, 2.75) is 47.5 Å². The molecule has 0 heterocycles. The Hall–Kier alpha value is -0.820. The molecule has 0 N–H and O–H groups in total. The summed E-state index contributed by atoms with van der Waals surface area (Å²) in [6.45, 7) is 13.2. The second-order valence-electron chi connectivity index (χ2n) is 5.79. The van der Waals surface area contributed by atoms with Gasteiger partial charge in [0, 0.05) is 0 Å². The van der Waals surface area contributed by atoms with E-state index < -0.39 is 0 Å². The molecular formula is C22H30Hf. The number of hydrogen-bond acceptors (Lipinski definition) is 0. The van der Waals surface area contributed by atoms with E-state index in [1.807, 2.05) is 0 Å². The van der Waals surface area contributed by atoms with Gasteiger partial charge in [-0.05, 0) is 0 Å². The van der Waals surface area contributed by atoms with Gasteiger partial charge in [0.25, 0.3) is 0 Å². The van der Waals surface area contributed by atoms with Crippen LogP contribution in [0.1, 0.15) is 51.8 Å². The summed E-state index contributed by atoms with van der Waals surface area (Å²) in [5.74, 6) is 0.496. The van der Waals surface area contributed by atoms with Gasteiger partial charge >= 0.3 is 25.8 Å². The third-order valence-electron chi connectivity index (χ3n) is 4.76. The molecule has 1 atom stereocenters. The van der Waals surface area contributed by atoms with E-state index >= 15 is 0 Å². The zero-order chi connectivity index (χ0) is 14.9. The zero-order valence-corrected chi connectivity index (χ0v) is 19.6. The molecule has 0 fully saturated rings. The van der Waals surface area contributed by atoms with Crippen molar-refractivity contribution in [1.29, 1.82) is 0 Å². The van der Waals surface area contributed by atoms with E-state index in [1.54, 1.807) is 0 Å². The molecule has 0 amide bonds. The van der Waals surface area contributed by atoms with Crippen molar-refractivity contribution >= 4 is 6.08 Å². The Morgan fingerprint density at radius 3 is 1.78 bits per heavy atom. The maximum Gasteiger partial charge on any atom is 4.00 e.